The van der Waals surface area contributed by atoms with Crippen LogP contribution in [0.5, 0.6) is 0 Å². The Labute approximate surface area is 182 Å². The van der Waals surface area contributed by atoms with E-state index in [-0.39, 0.29) is 11.9 Å². The van der Waals surface area contributed by atoms with Gasteiger partial charge in [-0.25, -0.2) is 9.67 Å². The van der Waals surface area contributed by atoms with Gasteiger partial charge >= 0.3 is 0 Å². The molecule has 1 aliphatic rings. The summed E-state index contributed by atoms with van der Waals surface area (Å²) in [5.74, 6) is 1.15. The van der Waals surface area contributed by atoms with Crippen molar-refractivity contribution in [2.75, 3.05) is 0 Å². The summed E-state index contributed by atoms with van der Waals surface area (Å²) in [6.45, 7) is 10.1. The highest BCUT2D eigenvalue weighted by Crippen LogP contribution is 2.36. The van der Waals surface area contributed by atoms with Crippen LogP contribution in [0, 0.1) is 20.8 Å². The Hall–Kier alpha value is -2.77. The zero-order chi connectivity index (χ0) is 22.2. The average Bonchev–Trinajstić information content (AvgIpc) is 3.35. The van der Waals surface area contributed by atoms with Crippen molar-refractivity contribution in [1.29, 1.82) is 0 Å². The van der Waals surface area contributed by atoms with Crippen LogP contribution in [-0.4, -0.2) is 30.8 Å². The third kappa shape index (κ3) is 4.07. The van der Waals surface area contributed by atoms with Gasteiger partial charge in [-0.1, -0.05) is 24.4 Å². The number of hydrogen-bond acceptors (Lipinski definition) is 6. The molecular formula is C23H32N6O2. The maximum absolute atomic E-state index is 13.0. The highest BCUT2D eigenvalue weighted by Gasteiger charge is 2.39. The molecule has 0 aromatic carbocycles. The molecule has 0 unspecified atom stereocenters. The minimum absolute atomic E-state index is 0.0149. The second-order valence-corrected chi connectivity index (χ2v) is 9.05. The highest BCUT2D eigenvalue weighted by molar-refractivity contribution is 5.81. The van der Waals surface area contributed by atoms with Crippen LogP contribution in [0.25, 0.3) is 11.0 Å². The van der Waals surface area contributed by atoms with Crippen LogP contribution in [0.2, 0.25) is 0 Å². The van der Waals surface area contributed by atoms with E-state index in [1.54, 1.807) is 6.92 Å². The number of pyridine rings is 1. The van der Waals surface area contributed by atoms with Crippen molar-refractivity contribution in [2.45, 2.75) is 91.1 Å². The van der Waals surface area contributed by atoms with Gasteiger partial charge < -0.3 is 9.84 Å². The smallest absolute Gasteiger partial charge is 0.223 e. The van der Waals surface area contributed by atoms with Crippen molar-refractivity contribution in [1.82, 2.24) is 30.2 Å². The Morgan fingerprint density at radius 2 is 1.94 bits per heavy atom. The first-order valence-electron chi connectivity index (χ1n) is 11.3. The van der Waals surface area contributed by atoms with Crippen molar-refractivity contribution < 1.29 is 9.32 Å². The van der Waals surface area contributed by atoms with E-state index in [9.17, 15) is 4.79 Å². The molecule has 1 fully saturated rings. The van der Waals surface area contributed by atoms with Crippen molar-refractivity contribution in [2.24, 2.45) is 0 Å². The number of carbonyl (C=O) groups excluding carboxylic acids is 1. The summed E-state index contributed by atoms with van der Waals surface area (Å²) < 4.78 is 7.17. The fourth-order valence-electron chi connectivity index (χ4n) is 4.76. The van der Waals surface area contributed by atoms with E-state index >= 15 is 0 Å². The zero-order valence-electron chi connectivity index (χ0n) is 19.2. The molecule has 0 bridgehead atoms. The fraction of sp³-hybridized carbons (Fsp3) is 0.609. The molecule has 8 nitrogen and oxygen atoms in total. The van der Waals surface area contributed by atoms with Crippen LogP contribution in [0.1, 0.15) is 87.0 Å². The van der Waals surface area contributed by atoms with Gasteiger partial charge in [-0.15, -0.1) is 0 Å². The summed E-state index contributed by atoms with van der Waals surface area (Å²) in [6, 6.07) is 0.251. The van der Waals surface area contributed by atoms with Gasteiger partial charge in [0.1, 0.15) is 5.54 Å². The van der Waals surface area contributed by atoms with E-state index in [0.29, 0.717) is 24.6 Å². The van der Waals surface area contributed by atoms with Gasteiger partial charge in [0.25, 0.3) is 0 Å². The summed E-state index contributed by atoms with van der Waals surface area (Å²) in [4.78, 5) is 22.3. The van der Waals surface area contributed by atoms with Gasteiger partial charge in [0.2, 0.25) is 11.8 Å². The van der Waals surface area contributed by atoms with Crippen molar-refractivity contribution in [3.05, 3.63) is 34.7 Å². The molecule has 0 radical (unpaired) electrons. The molecule has 3 heterocycles. The number of fused-ring (bicyclic) bond motifs is 1. The molecule has 166 valence electrons. The Morgan fingerprint density at radius 3 is 2.58 bits per heavy atom. The SMILES string of the molecule is Cc1nc(C2(NC(=O)CCc3c(C)nc4c(cnn4C(C)C)c3C)CCCCC2)no1. The molecule has 4 rings (SSSR count). The molecule has 1 saturated carbocycles. The Morgan fingerprint density at radius 1 is 1.19 bits per heavy atom. The van der Waals surface area contributed by atoms with Crippen LogP contribution in [0.3, 0.4) is 0 Å². The first-order valence-corrected chi connectivity index (χ1v) is 11.3. The molecule has 0 aliphatic heterocycles. The first-order chi connectivity index (χ1) is 14.8. The molecule has 0 spiro atoms. The standard InChI is InChI=1S/C23H32N6O2/c1-14(2)29-21-19(13-24-29)15(3)18(16(4)25-21)9-10-20(30)27-23(11-7-6-8-12-23)22-26-17(5)31-28-22/h13-14H,6-12H2,1-5H3,(H,27,30). The number of carbonyl (C=O) groups is 1. The molecule has 1 N–H and O–H groups in total. The normalized spacial score (nSPS) is 16.2. The Balaban J connectivity index is 1.52. The first kappa shape index (κ1) is 21.5. The van der Waals surface area contributed by atoms with Gasteiger partial charge in [-0.2, -0.15) is 10.1 Å². The van der Waals surface area contributed by atoms with Gasteiger partial charge in [-0.05, 0) is 58.1 Å². The number of aromatic nitrogens is 5. The number of hydrogen-bond donors (Lipinski definition) is 1. The van der Waals surface area contributed by atoms with Crippen LogP contribution in [0.4, 0.5) is 0 Å². The average molecular weight is 425 g/mol. The lowest BCUT2D eigenvalue weighted by atomic mass is 9.80. The second kappa shape index (κ2) is 8.40. The van der Waals surface area contributed by atoms with Crippen LogP contribution < -0.4 is 5.32 Å². The van der Waals surface area contributed by atoms with Gasteiger partial charge in [0.15, 0.2) is 11.5 Å². The lowest BCUT2D eigenvalue weighted by molar-refractivity contribution is -0.123. The van der Waals surface area contributed by atoms with E-state index in [2.05, 4.69) is 41.3 Å². The van der Waals surface area contributed by atoms with Crippen LogP contribution in [-0.2, 0) is 16.8 Å². The molecule has 1 amide bonds. The molecule has 3 aromatic heterocycles. The number of amides is 1. The Kier molecular flexibility index (Phi) is 5.81. The predicted octanol–water partition coefficient (Wildman–Crippen LogP) is 4.23. The second-order valence-electron chi connectivity index (χ2n) is 9.05. The van der Waals surface area contributed by atoms with E-state index in [1.807, 2.05) is 17.8 Å². The molecule has 1 aliphatic carbocycles. The summed E-state index contributed by atoms with van der Waals surface area (Å²) in [5, 5.41) is 13.0. The summed E-state index contributed by atoms with van der Waals surface area (Å²) in [5.41, 5.74) is 3.63. The maximum atomic E-state index is 13.0. The van der Waals surface area contributed by atoms with Crippen molar-refractivity contribution in [3.63, 3.8) is 0 Å². The number of nitrogens with zero attached hydrogens (tertiary/aromatic N) is 5. The van der Waals surface area contributed by atoms with Crippen molar-refractivity contribution >= 4 is 16.9 Å². The van der Waals surface area contributed by atoms with Gasteiger partial charge in [0.05, 0.1) is 6.20 Å². The summed E-state index contributed by atoms with van der Waals surface area (Å²) >= 11 is 0. The molecule has 0 atom stereocenters. The van der Waals surface area contributed by atoms with Crippen LogP contribution >= 0.6 is 0 Å². The van der Waals surface area contributed by atoms with E-state index in [0.717, 1.165) is 53.5 Å². The molecule has 0 saturated heterocycles. The largest absolute Gasteiger partial charge is 0.343 e. The van der Waals surface area contributed by atoms with E-state index < -0.39 is 5.54 Å². The molecule has 3 aromatic rings. The zero-order valence-corrected chi connectivity index (χ0v) is 19.2. The molecule has 8 heteroatoms. The van der Waals surface area contributed by atoms with Gasteiger partial charge in [0, 0.05) is 30.5 Å². The summed E-state index contributed by atoms with van der Waals surface area (Å²) in [7, 11) is 0. The minimum Gasteiger partial charge on any atom is -0.343 e. The minimum atomic E-state index is -0.516. The lowest BCUT2D eigenvalue weighted by Gasteiger charge is -2.35. The molecule has 31 heavy (non-hydrogen) atoms. The fourth-order valence-corrected chi connectivity index (χ4v) is 4.76. The number of nitrogens with one attached hydrogen (secondary N) is 1. The molecular weight excluding hydrogens is 392 g/mol. The summed E-state index contributed by atoms with van der Waals surface area (Å²) in [6.07, 6.45) is 7.87. The highest BCUT2D eigenvalue weighted by atomic mass is 16.5. The third-order valence-corrected chi connectivity index (χ3v) is 6.47. The van der Waals surface area contributed by atoms with E-state index in [1.165, 1.54) is 6.42 Å². The lowest BCUT2D eigenvalue weighted by Crippen LogP contribution is -2.48. The van der Waals surface area contributed by atoms with Crippen LogP contribution in [0.15, 0.2) is 10.7 Å². The monoisotopic (exact) mass is 424 g/mol. The number of rotatable bonds is 6. The third-order valence-electron chi connectivity index (χ3n) is 6.47. The number of aryl methyl sites for hydroxylation is 3. The van der Waals surface area contributed by atoms with Crippen molar-refractivity contribution in [3.8, 4) is 0 Å². The quantitative estimate of drug-likeness (QED) is 0.636. The van der Waals surface area contributed by atoms with Gasteiger partial charge in [-0.3, -0.25) is 4.79 Å². The topological polar surface area (TPSA) is 98.7 Å². The maximum Gasteiger partial charge on any atom is 0.223 e. The van der Waals surface area contributed by atoms with E-state index in [4.69, 9.17) is 9.51 Å². The Bertz CT molecular complexity index is 1090. The predicted molar refractivity (Wildman–Crippen MR) is 118 cm³/mol.